The molecule has 1 aliphatic rings. The molecule has 0 amide bonds. The Morgan fingerprint density at radius 3 is 2.56 bits per heavy atom. The van der Waals surface area contributed by atoms with Crippen molar-refractivity contribution in [2.24, 2.45) is 5.41 Å². The fourth-order valence-electron chi connectivity index (χ4n) is 1.52. The minimum atomic E-state index is -1.16. The van der Waals surface area contributed by atoms with Crippen LogP contribution in [0.4, 0.5) is 0 Å². The van der Waals surface area contributed by atoms with Crippen LogP contribution in [0.2, 0.25) is 4.34 Å². The van der Waals surface area contributed by atoms with E-state index < -0.39 is 11.4 Å². The van der Waals surface area contributed by atoms with Crippen molar-refractivity contribution in [3.8, 4) is 0 Å². The van der Waals surface area contributed by atoms with Crippen LogP contribution in [0, 0.1) is 5.41 Å². The highest BCUT2D eigenvalue weighted by Gasteiger charge is 2.54. The summed E-state index contributed by atoms with van der Waals surface area (Å²) in [6.07, 6.45) is 0. The number of ketones is 1. The van der Waals surface area contributed by atoms with Gasteiger partial charge in [0.15, 0.2) is 11.2 Å². The lowest BCUT2D eigenvalue weighted by molar-refractivity contribution is -0.172. The summed E-state index contributed by atoms with van der Waals surface area (Å²) in [6, 6.07) is 3.24. The number of rotatable bonds is 3. The summed E-state index contributed by atoms with van der Waals surface area (Å²) in [6.45, 7) is 0.155. The molecule has 0 bridgehead atoms. The first kappa shape index (κ1) is 11.6. The Morgan fingerprint density at radius 2 is 2.19 bits per heavy atom. The van der Waals surface area contributed by atoms with Gasteiger partial charge in [-0.1, -0.05) is 11.6 Å². The van der Waals surface area contributed by atoms with Crippen molar-refractivity contribution < 1.29 is 19.1 Å². The van der Waals surface area contributed by atoms with Crippen molar-refractivity contribution in [3.63, 3.8) is 0 Å². The Morgan fingerprint density at radius 1 is 1.50 bits per heavy atom. The normalized spacial score (nSPS) is 17.6. The van der Waals surface area contributed by atoms with E-state index in [1.54, 1.807) is 12.1 Å². The molecule has 1 aromatic heterocycles. The van der Waals surface area contributed by atoms with Gasteiger partial charge in [-0.3, -0.25) is 9.59 Å². The minimum absolute atomic E-state index is 0.0774. The van der Waals surface area contributed by atoms with Gasteiger partial charge in [0.1, 0.15) is 0 Å². The van der Waals surface area contributed by atoms with Crippen molar-refractivity contribution in [1.29, 1.82) is 0 Å². The molecular formula is C10H9ClO4S. The molecular weight excluding hydrogens is 252 g/mol. The van der Waals surface area contributed by atoms with Crippen molar-refractivity contribution >= 4 is 34.7 Å². The zero-order valence-electron chi connectivity index (χ0n) is 8.49. The summed E-state index contributed by atoms with van der Waals surface area (Å²) in [5, 5.41) is 0. The van der Waals surface area contributed by atoms with Gasteiger partial charge < -0.3 is 9.47 Å². The first-order valence-electron chi connectivity index (χ1n) is 4.56. The van der Waals surface area contributed by atoms with Crippen molar-refractivity contribution in [2.45, 2.75) is 0 Å². The lowest BCUT2D eigenvalue weighted by Crippen LogP contribution is -2.55. The van der Waals surface area contributed by atoms with Crippen LogP contribution >= 0.6 is 22.9 Å². The molecule has 0 aromatic carbocycles. The van der Waals surface area contributed by atoms with E-state index in [9.17, 15) is 9.59 Å². The summed E-state index contributed by atoms with van der Waals surface area (Å²) >= 11 is 6.90. The average Bonchev–Trinajstić information content (AvgIpc) is 2.62. The molecule has 1 saturated heterocycles. The van der Waals surface area contributed by atoms with Crippen molar-refractivity contribution in [1.82, 2.24) is 0 Å². The zero-order valence-corrected chi connectivity index (χ0v) is 10.1. The fraction of sp³-hybridized carbons (Fsp3) is 0.400. The first-order valence-corrected chi connectivity index (χ1v) is 5.76. The second-order valence-corrected chi connectivity index (χ2v) is 5.21. The molecule has 0 aliphatic carbocycles. The number of carbonyl (C=O) groups is 2. The van der Waals surface area contributed by atoms with Crippen LogP contribution in [0.15, 0.2) is 12.1 Å². The number of esters is 1. The van der Waals surface area contributed by atoms with Gasteiger partial charge in [0, 0.05) is 0 Å². The van der Waals surface area contributed by atoms with Gasteiger partial charge in [0.2, 0.25) is 0 Å². The van der Waals surface area contributed by atoms with Gasteiger partial charge in [-0.2, -0.15) is 0 Å². The molecule has 2 rings (SSSR count). The van der Waals surface area contributed by atoms with Gasteiger partial charge in [-0.25, -0.2) is 0 Å². The summed E-state index contributed by atoms with van der Waals surface area (Å²) in [5.74, 6) is -0.823. The Bertz CT molecular complexity index is 436. The number of halogens is 1. The van der Waals surface area contributed by atoms with E-state index in [1.807, 2.05) is 0 Å². The molecule has 0 spiro atoms. The first-order chi connectivity index (χ1) is 7.60. The SMILES string of the molecule is COC(=O)C1(C(=O)c2ccc(Cl)s2)COC1. The summed E-state index contributed by atoms with van der Waals surface area (Å²) in [4.78, 5) is 24.2. The van der Waals surface area contributed by atoms with Crippen molar-refractivity contribution in [2.75, 3.05) is 20.3 Å². The van der Waals surface area contributed by atoms with E-state index in [-0.39, 0.29) is 19.0 Å². The van der Waals surface area contributed by atoms with Crippen molar-refractivity contribution in [3.05, 3.63) is 21.3 Å². The third-order valence-corrected chi connectivity index (χ3v) is 3.73. The van der Waals surface area contributed by atoms with E-state index in [0.29, 0.717) is 9.21 Å². The molecule has 0 unspecified atom stereocenters. The molecule has 2 heterocycles. The molecule has 0 saturated carbocycles. The van der Waals surface area contributed by atoms with Gasteiger partial charge in [0.25, 0.3) is 0 Å². The number of methoxy groups -OCH3 is 1. The molecule has 0 atom stereocenters. The third kappa shape index (κ3) is 1.65. The van der Waals surface area contributed by atoms with Crippen LogP contribution in [0.3, 0.4) is 0 Å². The van der Waals surface area contributed by atoms with Crippen LogP contribution < -0.4 is 0 Å². The molecule has 1 fully saturated rings. The molecule has 86 valence electrons. The molecule has 6 heteroatoms. The smallest absolute Gasteiger partial charge is 0.324 e. The van der Waals surface area contributed by atoms with E-state index in [4.69, 9.17) is 16.3 Å². The Labute approximate surface area is 101 Å². The average molecular weight is 261 g/mol. The predicted molar refractivity (Wildman–Crippen MR) is 58.9 cm³/mol. The number of hydrogen-bond donors (Lipinski definition) is 0. The number of hydrogen-bond acceptors (Lipinski definition) is 5. The van der Waals surface area contributed by atoms with Crippen LogP contribution in [-0.2, 0) is 14.3 Å². The Balaban J connectivity index is 2.29. The monoisotopic (exact) mass is 260 g/mol. The molecule has 0 N–H and O–H groups in total. The highest BCUT2D eigenvalue weighted by molar-refractivity contribution is 7.18. The Hall–Kier alpha value is -0.910. The number of thiophene rings is 1. The van der Waals surface area contributed by atoms with E-state index >= 15 is 0 Å². The van der Waals surface area contributed by atoms with Crippen LogP contribution in [0.25, 0.3) is 0 Å². The molecule has 0 radical (unpaired) electrons. The van der Waals surface area contributed by atoms with E-state index in [0.717, 1.165) is 11.3 Å². The Kier molecular flexibility index (Phi) is 3.01. The summed E-state index contributed by atoms with van der Waals surface area (Å²) < 4.78 is 10.1. The maximum absolute atomic E-state index is 12.1. The maximum Gasteiger partial charge on any atom is 0.324 e. The topological polar surface area (TPSA) is 52.6 Å². The largest absolute Gasteiger partial charge is 0.468 e. The summed E-state index contributed by atoms with van der Waals surface area (Å²) in [7, 11) is 1.26. The second-order valence-electron chi connectivity index (χ2n) is 3.50. The maximum atomic E-state index is 12.1. The summed E-state index contributed by atoms with van der Waals surface area (Å²) in [5.41, 5.74) is -1.16. The highest BCUT2D eigenvalue weighted by Crippen LogP contribution is 2.36. The van der Waals surface area contributed by atoms with Gasteiger partial charge in [0.05, 0.1) is 29.5 Å². The second kappa shape index (κ2) is 4.16. The molecule has 1 aliphatic heterocycles. The molecule has 1 aromatic rings. The highest BCUT2D eigenvalue weighted by atomic mass is 35.5. The predicted octanol–water partition coefficient (Wildman–Crippen LogP) is 1.77. The number of carbonyl (C=O) groups excluding carboxylic acids is 2. The van der Waals surface area contributed by atoms with E-state index in [1.165, 1.54) is 7.11 Å². The number of Topliss-reactive ketones (excluding diaryl/α,β-unsaturated/α-hetero) is 1. The number of ether oxygens (including phenoxy) is 2. The van der Waals surface area contributed by atoms with Gasteiger partial charge in [-0.05, 0) is 12.1 Å². The van der Waals surface area contributed by atoms with Gasteiger partial charge >= 0.3 is 5.97 Å². The van der Waals surface area contributed by atoms with Crippen LogP contribution in [-0.4, -0.2) is 32.1 Å². The zero-order chi connectivity index (χ0) is 11.8. The fourth-order valence-corrected chi connectivity index (χ4v) is 2.60. The minimum Gasteiger partial charge on any atom is -0.468 e. The third-order valence-electron chi connectivity index (χ3n) is 2.50. The van der Waals surface area contributed by atoms with E-state index in [2.05, 4.69) is 4.74 Å². The lowest BCUT2D eigenvalue weighted by Gasteiger charge is -2.36. The lowest BCUT2D eigenvalue weighted by atomic mass is 9.81. The molecule has 16 heavy (non-hydrogen) atoms. The van der Waals surface area contributed by atoms with Gasteiger partial charge in [-0.15, -0.1) is 11.3 Å². The molecule has 4 nitrogen and oxygen atoms in total. The van der Waals surface area contributed by atoms with Crippen LogP contribution in [0.1, 0.15) is 9.67 Å². The van der Waals surface area contributed by atoms with Crippen LogP contribution in [0.5, 0.6) is 0 Å². The quantitative estimate of drug-likeness (QED) is 0.472. The standard InChI is InChI=1S/C10H9ClO4S/c1-14-9(13)10(4-15-5-10)8(12)6-2-3-7(11)16-6/h2-3H,4-5H2,1H3.